The Morgan fingerprint density at radius 3 is 2.83 bits per heavy atom. The molecule has 0 radical (unpaired) electrons. The average molecular weight is 351 g/mol. The summed E-state index contributed by atoms with van der Waals surface area (Å²) in [5.41, 5.74) is 0.742. The van der Waals surface area contributed by atoms with Crippen LogP contribution in [0, 0.1) is 5.92 Å². The number of carbonyl (C=O) groups excluding carboxylic acids is 1. The maximum Gasteiger partial charge on any atom is 0.272 e. The van der Waals surface area contributed by atoms with Crippen molar-refractivity contribution in [3.8, 4) is 0 Å². The van der Waals surface area contributed by atoms with Gasteiger partial charge in [0.05, 0.1) is 11.3 Å². The van der Waals surface area contributed by atoms with Crippen molar-refractivity contribution in [2.75, 3.05) is 18.8 Å². The van der Waals surface area contributed by atoms with E-state index in [-0.39, 0.29) is 11.5 Å². The molecular weight excluding hydrogens is 330 g/mol. The molecule has 3 rings (SSSR count). The van der Waals surface area contributed by atoms with Crippen molar-refractivity contribution < 1.29 is 4.79 Å². The van der Waals surface area contributed by atoms with Gasteiger partial charge in [-0.2, -0.15) is 0 Å². The monoisotopic (exact) mass is 351 g/mol. The summed E-state index contributed by atoms with van der Waals surface area (Å²) >= 11 is 2.81. The molecule has 0 N–H and O–H groups in total. The summed E-state index contributed by atoms with van der Waals surface area (Å²) in [6, 6.07) is 1.87. The second-order valence-electron chi connectivity index (χ2n) is 6.22. The first-order valence-corrected chi connectivity index (χ1v) is 9.81. The van der Waals surface area contributed by atoms with Crippen molar-refractivity contribution in [1.29, 1.82) is 0 Å². The molecule has 5 nitrogen and oxygen atoms in total. The van der Waals surface area contributed by atoms with Gasteiger partial charge in [0.15, 0.2) is 5.16 Å². The van der Waals surface area contributed by atoms with Gasteiger partial charge in [0, 0.05) is 19.6 Å². The third-order valence-corrected chi connectivity index (χ3v) is 5.71. The second kappa shape index (κ2) is 7.05. The van der Waals surface area contributed by atoms with Gasteiger partial charge in [0.25, 0.3) is 5.56 Å². The Morgan fingerprint density at radius 1 is 1.39 bits per heavy atom. The number of hydrogen-bond acceptors (Lipinski definition) is 5. The molecule has 1 amide bonds. The molecule has 0 unspecified atom stereocenters. The second-order valence-corrected chi connectivity index (χ2v) is 8.07. The van der Waals surface area contributed by atoms with Crippen LogP contribution in [0.4, 0.5) is 0 Å². The molecule has 1 aliphatic heterocycles. The molecule has 0 atom stereocenters. The summed E-state index contributed by atoms with van der Waals surface area (Å²) in [5, 5.41) is 2.55. The fraction of sp³-hybridized carbons (Fsp3) is 0.562. The predicted octanol–water partition coefficient (Wildman–Crippen LogP) is 2.83. The van der Waals surface area contributed by atoms with Crippen LogP contribution in [0.5, 0.6) is 0 Å². The van der Waals surface area contributed by atoms with E-state index in [1.807, 2.05) is 16.3 Å². The van der Waals surface area contributed by atoms with E-state index in [9.17, 15) is 9.59 Å². The first-order valence-electron chi connectivity index (χ1n) is 7.95. The van der Waals surface area contributed by atoms with E-state index in [4.69, 9.17) is 0 Å². The molecule has 3 heterocycles. The normalized spacial score (nSPS) is 15.0. The van der Waals surface area contributed by atoms with Crippen molar-refractivity contribution in [3.63, 3.8) is 0 Å². The topological polar surface area (TPSA) is 55.2 Å². The van der Waals surface area contributed by atoms with Crippen LogP contribution in [0.3, 0.4) is 0 Å². The van der Waals surface area contributed by atoms with E-state index >= 15 is 0 Å². The van der Waals surface area contributed by atoms with E-state index in [2.05, 4.69) is 18.8 Å². The largest absolute Gasteiger partial charge is 0.342 e. The van der Waals surface area contributed by atoms with Crippen molar-refractivity contribution in [2.45, 2.75) is 38.4 Å². The minimum absolute atomic E-state index is 0.00909. The summed E-state index contributed by atoms with van der Waals surface area (Å²) < 4.78 is 2.42. The zero-order valence-electron chi connectivity index (χ0n) is 13.4. The van der Waals surface area contributed by atoms with Crippen LogP contribution in [0.25, 0.3) is 10.2 Å². The number of hydrogen-bond donors (Lipinski definition) is 0. The number of amides is 1. The predicted molar refractivity (Wildman–Crippen MR) is 95.3 cm³/mol. The zero-order chi connectivity index (χ0) is 16.4. The van der Waals surface area contributed by atoms with Crippen LogP contribution in [-0.4, -0.2) is 39.2 Å². The maximum absolute atomic E-state index is 12.7. The minimum atomic E-state index is 0.00909. The third kappa shape index (κ3) is 3.61. The highest BCUT2D eigenvalue weighted by Crippen LogP contribution is 2.22. The Balaban J connectivity index is 1.85. The van der Waals surface area contributed by atoms with Crippen molar-refractivity contribution in [3.05, 3.63) is 21.8 Å². The smallest absolute Gasteiger partial charge is 0.272 e. The van der Waals surface area contributed by atoms with Gasteiger partial charge in [-0.1, -0.05) is 25.6 Å². The van der Waals surface area contributed by atoms with Gasteiger partial charge in [0.2, 0.25) is 5.91 Å². The lowest BCUT2D eigenvalue weighted by molar-refractivity contribution is -0.127. The molecular formula is C16H21N3O2S2. The molecule has 0 saturated carbocycles. The molecule has 2 aromatic rings. The van der Waals surface area contributed by atoms with E-state index in [0.29, 0.717) is 28.1 Å². The number of thiophene rings is 1. The first kappa shape index (κ1) is 16.5. The van der Waals surface area contributed by atoms with Crippen LogP contribution < -0.4 is 5.56 Å². The highest BCUT2D eigenvalue weighted by molar-refractivity contribution is 7.99. The number of rotatable bonds is 5. The number of likely N-dealkylation sites (tertiary alicyclic amines) is 1. The molecule has 1 fully saturated rings. The van der Waals surface area contributed by atoms with Gasteiger partial charge in [-0.05, 0) is 30.2 Å². The minimum Gasteiger partial charge on any atom is -0.342 e. The number of aromatic nitrogens is 2. The van der Waals surface area contributed by atoms with Gasteiger partial charge in [-0.25, -0.2) is 4.98 Å². The maximum atomic E-state index is 12.7. The van der Waals surface area contributed by atoms with Gasteiger partial charge in [-0.3, -0.25) is 14.2 Å². The Morgan fingerprint density at radius 2 is 2.13 bits per heavy atom. The van der Waals surface area contributed by atoms with E-state index < -0.39 is 0 Å². The molecule has 0 aromatic carbocycles. The summed E-state index contributed by atoms with van der Waals surface area (Å²) in [5.74, 6) is 0.837. The van der Waals surface area contributed by atoms with Crippen LogP contribution in [0.15, 0.2) is 21.4 Å². The number of thioether (sulfide) groups is 1. The lowest BCUT2D eigenvalue weighted by Gasteiger charge is -2.16. The number of nitrogens with zero attached hydrogens (tertiary/aromatic N) is 3. The standard InChI is InChI=1S/C16H21N3O2S2/c1-11(2)9-19-15(21)14-12(5-8-22-14)17-16(19)23-10-13(20)18-6-3-4-7-18/h5,8,11H,3-4,6-7,9-10H2,1-2H3. The van der Waals surface area contributed by atoms with Gasteiger partial charge < -0.3 is 4.90 Å². The number of carbonyl (C=O) groups is 1. The number of fused-ring (bicyclic) bond motifs is 1. The fourth-order valence-corrected chi connectivity index (χ4v) is 4.43. The Hall–Kier alpha value is -1.34. The quantitative estimate of drug-likeness (QED) is 0.614. The lowest BCUT2D eigenvalue weighted by atomic mass is 10.2. The molecule has 7 heteroatoms. The highest BCUT2D eigenvalue weighted by Gasteiger charge is 2.20. The molecule has 0 spiro atoms. The van der Waals surface area contributed by atoms with Crippen LogP contribution in [-0.2, 0) is 11.3 Å². The van der Waals surface area contributed by atoms with Crippen LogP contribution in [0.2, 0.25) is 0 Å². The third-order valence-electron chi connectivity index (χ3n) is 3.86. The van der Waals surface area contributed by atoms with Gasteiger partial charge in [-0.15, -0.1) is 11.3 Å². The highest BCUT2D eigenvalue weighted by atomic mass is 32.2. The Bertz CT molecular complexity index is 760. The average Bonchev–Trinajstić information content (AvgIpc) is 3.18. The summed E-state index contributed by atoms with van der Waals surface area (Å²) in [7, 11) is 0. The molecule has 2 aromatic heterocycles. The first-order chi connectivity index (χ1) is 11.1. The summed E-state index contributed by atoms with van der Waals surface area (Å²) in [4.78, 5) is 31.4. The van der Waals surface area contributed by atoms with Crippen molar-refractivity contribution in [2.24, 2.45) is 5.92 Å². The van der Waals surface area contributed by atoms with E-state index in [1.54, 1.807) is 4.57 Å². The summed E-state index contributed by atoms with van der Waals surface area (Å²) in [6.07, 6.45) is 2.18. The molecule has 0 aliphatic carbocycles. The van der Waals surface area contributed by atoms with Gasteiger partial charge >= 0.3 is 0 Å². The van der Waals surface area contributed by atoms with Crippen LogP contribution in [0.1, 0.15) is 26.7 Å². The fourth-order valence-electron chi connectivity index (χ4n) is 2.74. The SMILES string of the molecule is CC(C)Cn1c(SCC(=O)N2CCCC2)nc2ccsc2c1=O. The van der Waals surface area contributed by atoms with E-state index in [0.717, 1.165) is 31.4 Å². The van der Waals surface area contributed by atoms with Gasteiger partial charge in [0.1, 0.15) is 4.70 Å². The Kier molecular flexibility index (Phi) is 5.06. The zero-order valence-corrected chi connectivity index (χ0v) is 15.1. The van der Waals surface area contributed by atoms with Crippen molar-refractivity contribution in [1.82, 2.24) is 14.5 Å². The Labute approximate surface area is 143 Å². The molecule has 124 valence electrons. The van der Waals surface area contributed by atoms with Crippen LogP contribution >= 0.6 is 23.1 Å². The van der Waals surface area contributed by atoms with Crippen molar-refractivity contribution >= 4 is 39.2 Å². The summed E-state index contributed by atoms with van der Waals surface area (Å²) in [6.45, 7) is 6.49. The van der Waals surface area contributed by atoms with E-state index in [1.165, 1.54) is 23.1 Å². The molecule has 23 heavy (non-hydrogen) atoms. The molecule has 0 bridgehead atoms. The molecule has 1 aliphatic rings. The lowest BCUT2D eigenvalue weighted by Crippen LogP contribution is -2.30. The molecule has 1 saturated heterocycles.